The molecule has 0 unspecified atom stereocenters. The zero-order chi connectivity index (χ0) is 14.9. The Morgan fingerprint density at radius 3 is 2.32 bits per heavy atom. The van der Waals surface area contributed by atoms with Crippen LogP contribution in [0.15, 0.2) is 0 Å². The summed E-state index contributed by atoms with van der Waals surface area (Å²) in [5.41, 5.74) is 0. The molecule has 0 atom stereocenters. The highest BCUT2D eigenvalue weighted by atomic mass is 32.2. The van der Waals surface area contributed by atoms with E-state index < -0.39 is 28.6 Å². The molecule has 9 nitrogen and oxygen atoms in total. The summed E-state index contributed by atoms with van der Waals surface area (Å²) in [4.78, 5) is 21.3. The maximum Gasteiger partial charge on any atom is 0.329 e. The number of carboxylic acid groups (broad SMARTS) is 1. The van der Waals surface area contributed by atoms with Crippen molar-refractivity contribution >= 4 is 22.0 Å². The van der Waals surface area contributed by atoms with Gasteiger partial charge in [0.05, 0.1) is 12.4 Å². The average molecular weight is 297 g/mol. The lowest BCUT2D eigenvalue weighted by molar-refractivity contribution is -0.142. The fourth-order valence-corrected chi connectivity index (χ4v) is 1.66. The Labute approximate surface area is 112 Å². The van der Waals surface area contributed by atoms with E-state index in [1.807, 2.05) is 0 Å². The summed E-state index contributed by atoms with van der Waals surface area (Å²) < 4.78 is 28.5. The van der Waals surface area contributed by atoms with Crippen molar-refractivity contribution in [1.29, 1.82) is 0 Å². The molecule has 0 saturated heterocycles. The number of amides is 2. The van der Waals surface area contributed by atoms with Crippen molar-refractivity contribution < 1.29 is 27.9 Å². The highest BCUT2D eigenvalue weighted by Gasteiger charge is 2.13. The van der Waals surface area contributed by atoms with E-state index in [1.165, 1.54) is 14.1 Å². The molecular formula is C9H19N3O6S. The number of nitrogens with zero attached hydrogens (tertiary/aromatic N) is 1. The lowest BCUT2D eigenvalue weighted by Gasteiger charge is -2.12. The van der Waals surface area contributed by atoms with Crippen LogP contribution in [0.5, 0.6) is 0 Å². The Hall–Kier alpha value is -1.39. The molecule has 0 rings (SSSR count). The number of carbonyl (C=O) groups is 2. The highest BCUT2D eigenvalue weighted by molar-refractivity contribution is 7.89. The lowest BCUT2D eigenvalue weighted by Crippen LogP contribution is -2.40. The van der Waals surface area contributed by atoms with Crippen LogP contribution in [0.2, 0.25) is 0 Å². The van der Waals surface area contributed by atoms with Crippen molar-refractivity contribution in [1.82, 2.24) is 14.9 Å². The molecule has 112 valence electrons. The highest BCUT2D eigenvalue weighted by Crippen LogP contribution is 1.91. The van der Waals surface area contributed by atoms with Gasteiger partial charge < -0.3 is 20.5 Å². The zero-order valence-electron chi connectivity index (χ0n) is 10.9. The third-order valence-corrected chi connectivity index (χ3v) is 3.79. The third-order valence-electron chi connectivity index (χ3n) is 1.96. The van der Waals surface area contributed by atoms with E-state index in [9.17, 15) is 18.0 Å². The summed E-state index contributed by atoms with van der Waals surface area (Å²) in [5, 5.41) is 13.0. The van der Waals surface area contributed by atoms with E-state index in [2.05, 4.69) is 10.6 Å². The Morgan fingerprint density at radius 1 is 1.21 bits per heavy atom. The van der Waals surface area contributed by atoms with Crippen LogP contribution in [0.3, 0.4) is 0 Å². The fraction of sp³-hybridized carbons (Fsp3) is 0.778. The lowest BCUT2D eigenvalue weighted by atomic mass is 10.6. The molecule has 2 amide bonds. The van der Waals surface area contributed by atoms with Crippen LogP contribution < -0.4 is 10.6 Å². The number of rotatable bonds is 9. The van der Waals surface area contributed by atoms with Gasteiger partial charge in [-0.2, -0.15) is 0 Å². The second-order valence-electron chi connectivity index (χ2n) is 3.73. The van der Waals surface area contributed by atoms with Crippen LogP contribution >= 0.6 is 0 Å². The molecular weight excluding hydrogens is 278 g/mol. The summed E-state index contributed by atoms with van der Waals surface area (Å²) in [7, 11) is -0.508. The normalized spacial score (nSPS) is 11.3. The van der Waals surface area contributed by atoms with Gasteiger partial charge in [-0.05, 0) is 0 Å². The van der Waals surface area contributed by atoms with Gasteiger partial charge in [-0.25, -0.2) is 22.3 Å². The standard InChI is InChI=1S/C9H19N3O6S/c1-12(2)19(16,17)6-4-11-9(15)10-3-5-18-7-8(13)14/h3-7H2,1-2H3,(H,13,14)(H2,10,11,15). The molecule has 0 aromatic rings. The topological polar surface area (TPSA) is 125 Å². The number of hydrogen-bond donors (Lipinski definition) is 3. The quantitative estimate of drug-likeness (QED) is 0.435. The van der Waals surface area contributed by atoms with Gasteiger partial charge in [-0.15, -0.1) is 0 Å². The van der Waals surface area contributed by atoms with E-state index >= 15 is 0 Å². The molecule has 0 radical (unpaired) electrons. The molecule has 0 heterocycles. The second kappa shape index (κ2) is 8.67. The van der Waals surface area contributed by atoms with E-state index in [4.69, 9.17) is 9.84 Å². The van der Waals surface area contributed by atoms with E-state index in [0.717, 1.165) is 4.31 Å². The van der Waals surface area contributed by atoms with Gasteiger partial charge in [0.2, 0.25) is 10.0 Å². The maximum atomic E-state index is 11.4. The summed E-state index contributed by atoms with van der Waals surface area (Å²) in [6.45, 7) is -0.234. The van der Waals surface area contributed by atoms with Gasteiger partial charge in [0.1, 0.15) is 6.61 Å². The number of nitrogens with one attached hydrogen (secondary N) is 2. The first kappa shape index (κ1) is 17.6. The van der Waals surface area contributed by atoms with Gasteiger partial charge in [-0.1, -0.05) is 0 Å². The van der Waals surface area contributed by atoms with Crippen LogP contribution in [0.4, 0.5) is 4.79 Å². The Balaban J connectivity index is 3.63. The van der Waals surface area contributed by atoms with E-state index in [-0.39, 0.29) is 25.4 Å². The predicted molar refractivity (Wildman–Crippen MR) is 67.3 cm³/mol. The van der Waals surface area contributed by atoms with Crippen molar-refractivity contribution in [3.8, 4) is 0 Å². The van der Waals surface area contributed by atoms with Crippen molar-refractivity contribution in [3.05, 3.63) is 0 Å². The third kappa shape index (κ3) is 9.22. The predicted octanol–water partition coefficient (Wildman–Crippen LogP) is -1.72. The minimum Gasteiger partial charge on any atom is -0.480 e. The number of aliphatic carboxylic acids is 1. The second-order valence-corrected chi connectivity index (χ2v) is 6.03. The van der Waals surface area contributed by atoms with Gasteiger partial charge in [0.15, 0.2) is 0 Å². The monoisotopic (exact) mass is 297 g/mol. The first-order valence-electron chi connectivity index (χ1n) is 5.47. The van der Waals surface area contributed by atoms with Gasteiger partial charge in [0.25, 0.3) is 0 Å². The molecule has 0 aliphatic rings. The molecule has 0 saturated carbocycles. The number of sulfonamides is 1. The summed E-state index contributed by atoms with van der Waals surface area (Å²) >= 11 is 0. The molecule has 0 aliphatic carbocycles. The maximum absolute atomic E-state index is 11.4. The Kier molecular flexibility index (Phi) is 8.03. The van der Waals surface area contributed by atoms with E-state index in [0.29, 0.717) is 0 Å². The minimum absolute atomic E-state index is 0.0116. The van der Waals surface area contributed by atoms with Crippen molar-refractivity contribution in [3.63, 3.8) is 0 Å². The molecule has 10 heteroatoms. The van der Waals surface area contributed by atoms with E-state index in [1.54, 1.807) is 0 Å². The van der Waals surface area contributed by atoms with Gasteiger partial charge >= 0.3 is 12.0 Å². The van der Waals surface area contributed by atoms with Crippen LogP contribution in [-0.4, -0.2) is 76.0 Å². The number of carbonyl (C=O) groups excluding carboxylic acids is 1. The zero-order valence-corrected chi connectivity index (χ0v) is 11.7. The fourth-order valence-electron chi connectivity index (χ4n) is 0.935. The van der Waals surface area contributed by atoms with Crippen molar-refractivity contribution in [2.45, 2.75) is 0 Å². The molecule has 3 N–H and O–H groups in total. The van der Waals surface area contributed by atoms with Gasteiger partial charge in [0, 0.05) is 27.2 Å². The first-order chi connectivity index (χ1) is 8.75. The van der Waals surface area contributed by atoms with Gasteiger partial charge in [-0.3, -0.25) is 0 Å². The molecule has 0 fully saturated rings. The number of ether oxygens (including phenoxy) is 1. The largest absolute Gasteiger partial charge is 0.480 e. The summed E-state index contributed by atoms with van der Waals surface area (Å²) in [6, 6.07) is -0.534. The Bertz CT molecular complexity index is 395. The Morgan fingerprint density at radius 2 is 1.79 bits per heavy atom. The van der Waals surface area contributed by atoms with Crippen LogP contribution in [0.25, 0.3) is 0 Å². The molecule has 0 bridgehead atoms. The molecule has 0 aromatic carbocycles. The average Bonchev–Trinajstić information content (AvgIpc) is 2.27. The van der Waals surface area contributed by atoms with Crippen molar-refractivity contribution in [2.24, 2.45) is 0 Å². The summed E-state index contributed by atoms with van der Waals surface area (Å²) in [6.07, 6.45) is 0. The van der Waals surface area contributed by atoms with Crippen molar-refractivity contribution in [2.75, 3.05) is 46.2 Å². The van der Waals surface area contributed by atoms with Crippen LogP contribution in [-0.2, 0) is 19.6 Å². The molecule has 0 aromatic heterocycles. The SMILES string of the molecule is CN(C)S(=O)(=O)CCNC(=O)NCCOCC(=O)O. The molecule has 0 spiro atoms. The first-order valence-corrected chi connectivity index (χ1v) is 7.08. The molecule has 0 aliphatic heterocycles. The number of carboxylic acids is 1. The smallest absolute Gasteiger partial charge is 0.329 e. The number of hydrogen-bond acceptors (Lipinski definition) is 5. The molecule has 19 heavy (non-hydrogen) atoms. The number of urea groups is 1. The minimum atomic E-state index is -3.33. The van der Waals surface area contributed by atoms with Crippen LogP contribution in [0, 0.1) is 0 Å². The summed E-state index contributed by atoms with van der Waals surface area (Å²) in [5.74, 6) is -1.28. The van der Waals surface area contributed by atoms with Crippen LogP contribution in [0.1, 0.15) is 0 Å².